The molecule has 1 aromatic carbocycles. The van der Waals surface area contributed by atoms with Crippen molar-refractivity contribution < 1.29 is 0 Å². The topological polar surface area (TPSA) is 41.7 Å². The van der Waals surface area contributed by atoms with E-state index in [0.717, 1.165) is 41.4 Å². The Bertz CT molecular complexity index is 823. The van der Waals surface area contributed by atoms with Gasteiger partial charge in [0.15, 0.2) is 0 Å². The van der Waals surface area contributed by atoms with Crippen LogP contribution in [0.5, 0.6) is 0 Å². The van der Waals surface area contributed by atoms with Crippen molar-refractivity contribution in [1.82, 2.24) is 14.7 Å². The Hall–Kier alpha value is -2.88. The maximum Gasteiger partial charge on any atom is 0.137 e. The van der Waals surface area contributed by atoms with Gasteiger partial charge in [0.25, 0.3) is 0 Å². The molecule has 0 unspecified atom stereocenters. The van der Waals surface area contributed by atoms with Crippen LogP contribution in [0, 0.1) is 0 Å². The molecule has 4 rings (SSSR count). The van der Waals surface area contributed by atoms with Crippen molar-refractivity contribution in [3.05, 3.63) is 66.5 Å². The van der Waals surface area contributed by atoms with Gasteiger partial charge in [-0.05, 0) is 23.8 Å². The van der Waals surface area contributed by atoms with Crippen LogP contribution in [-0.2, 0) is 0 Å². The van der Waals surface area contributed by atoms with Gasteiger partial charge in [-0.15, -0.1) is 0 Å². The average Bonchev–Trinajstić information content (AvgIpc) is 3.22. The standard InChI is InChI=1S/C18H16N4/c1-2-12-22-13-16(21-18(22)3-1)15-7-4-14(5-8-15)6-9-17-19-10-11-20-17/h1-9,12-13H,10-11H2,(H,19,20)/b9-6+. The molecule has 0 saturated carbocycles. The van der Waals surface area contributed by atoms with Crippen LogP contribution in [0.1, 0.15) is 5.56 Å². The van der Waals surface area contributed by atoms with Crippen LogP contribution in [0.3, 0.4) is 0 Å². The zero-order valence-electron chi connectivity index (χ0n) is 12.1. The van der Waals surface area contributed by atoms with Crippen LogP contribution >= 0.6 is 0 Å². The molecular formula is C18H16N4. The zero-order chi connectivity index (χ0) is 14.8. The monoisotopic (exact) mass is 288 g/mol. The quantitative estimate of drug-likeness (QED) is 0.805. The first-order valence-electron chi connectivity index (χ1n) is 7.39. The predicted molar refractivity (Wildman–Crippen MR) is 90.0 cm³/mol. The second-order valence-corrected chi connectivity index (χ2v) is 5.24. The molecule has 3 heterocycles. The molecule has 108 valence electrons. The van der Waals surface area contributed by atoms with E-state index in [1.807, 2.05) is 34.9 Å². The van der Waals surface area contributed by atoms with Crippen LogP contribution in [-0.4, -0.2) is 28.3 Å². The van der Waals surface area contributed by atoms with Crippen molar-refractivity contribution in [2.24, 2.45) is 4.99 Å². The van der Waals surface area contributed by atoms with Crippen LogP contribution < -0.4 is 5.32 Å². The summed E-state index contributed by atoms with van der Waals surface area (Å²) in [6.07, 6.45) is 8.16. The molecule has 0 aliphatic carbocycles. The smallest absolute Gasteiger partial charge is 0.137 e. The highest BCUT2D eigenvalue weighted by molar-refractivity contribution is 5.97. The Labute approximate surface area is 128 Å². The molecule has 4 nitrogen and oxygen atoms in total. The van der Waals surface area contributed by atoms with Gasteiger partial charge in [-0.25, -0.2) is 4.98 Å². The van der Waals surface area contributed by atoms with Gasteiger partial charge in [0.05, 0.1) is 12.2 Å². The molecule has 1 N–H and O–H groups in total. The number of hydrogen-bond donors (Lipinski definition) is 1. The maximum absolute atomic E-state index is 4.64. The van der Waals surface area contributed by atoms with Gasteiger partial charge in [-0.2, -0.15) is 0 Å². The Balaban J connectivity index is 1.58. The minimum absolute atomic E-state index is 0.868. The van der Waals surface area contributed by atoms with E-state index in [-0.39, 0.29) is 0 Å². The predicted octanol–water partition coefficient (Wildman–Crippen LogP) is 3.02. The Morgan fingerprint density at radius 1 is 1.05 bits per heavy atom. The summed E-state index contributed by atoms with van der Waals surface area (Å²) in [7, 11) is 0. The van der Waals surface area contributed by atoms with Crippen molar-refractivity contribution in [2.45, 2.75) is 0 Å². The van der Waals surface area contributed by atoms with Crippen molar-refractivity contribution >= 4 is 17.6 Å². The fourth-order valence-electron chi connectivity index (χ4n) is 2.54. The fraction of sp³-hybridized carbons (Fsp3) is 0.111. The molecule has 0 radical (unpaired) electrons. The molecule has 0 spiro atoms. The molecular weight excluding hydrogens is 272 g/mol. The summed E-state index contributed by atoms with van der Waals surface area (Å²) >= 11 is 0. The second kappa shape index (κ2) is 5.48. The molecule has 3 aromatic rings. The van der Waals surface area contributed by atoms with Gasteiger partial charge in [-0.1, -0.05) is 36.4 Å². The number of nitrogens with one attached hydrogen (secondary N) is 1. The molecule has 4 heteroatoms. The van der Waals surface area contributed by atoms with Gasteiger partial charge in [0, 0.05) is 24.5 Å². The van der Waals surface area contributed by atoms with Gasteiger partial charge < -0.3 is 9.72 Å². The lowest BCUT2D eigenvalue weighted by atomic mass is 10.1. The molecule has 2 aromatic heterocycles. The lowest BCUT2D eigenvalue weighted by Crippen LogP contribution is -2.15. The highest BCUT2D eigenvalue weighted by atomic mass is 15.1. The Kier molecular flexibility index (Phi) is 3.20. The number of aliphatic imine (C=N–C) groups is 1. The van der Waals surface area contributed by atoms with E-state index in [0.29, 0.717) is 0 Å². The first-order valence-corrected chi connectivity index (χ1v) is 7.39. The lowest BCUT2D eigenvalue weighted by Gasteiger charge is -1.98. The Morgan fingerprint density at radius 2 is 1.95 bits per heavy atom. The Morgan fingerprint density at radius 3 is 2.73 bits per heavy atom. The molecule has 1 aliphatic heterocycles. The van der Waals surface area contributed by atoms with Crippen LogP contribution in [0.4, 0.5) is 0 Å². The van der Waals surface area contributed by atoms with Gasteiger partial charge in [0.2, 0.25) is 0 Å². The summed E-state index contributed by atoms with van der Waals surface area (Å²) in [4.78, 5) is 8.98. The van der Waals surface area contributed by atoms with Crippen LogP contribution in [0.15, 0.2) is 65.9 Å². The van der Waals surface area contributed by atoms with E-state index in [1.165, 1.54) is 0 Å². The number of pyridine rings is 1. The maximum atomic E-state index is 4.64. The van der Waals surface area contributed by atoms with Crippen LogP contribution in [0.25, 0.3) is 23.0 Å². The molecule has 0 saturated heterocycles. The highest BCUT2D eigenvalue weighted by Gasteiger charge is 2.04. The third-order valence-electron chi connectivity index (χ3n) is 3.70. The van der Waals surface area contributed by atoms with Crippen molar-refractivity contribution in [3.8, 4) is 11.3 Å². The minimum atomic E-state index is 0.868. The van der Waals surface area contributed by atoms with Crippen LogP contribution in [0.2, 0.25) is 0 Å². The number of nitrogens with zero attached hydrogens (tertiary/aromatic N) is 3. The van der Waals surface area contributed by atoms with Crippen molar-refractivity contribution in [3.63, 3.8) is 0 Å². The summed E-state index contributed by atoms with van der Waals surface area (Å²) in [6, 6.07) is 14.4. The van der Waals surface area contributed by atoms with E-state index in [2.05, 4.69) is 51.8 Å². The van der Waals surface area contributed by atoms with E-state index >= 15 is 0 Å². The fourth-order valence-corrected chi connectivity index (χ4v) is 2.54. The van der Waals surface area contributed by atoms with Gasteiger partial charge in [0.1, 0.15) is 11.5 Å². The van der Waals surface area contributed by atoms with E-state index < -0.39 is 0 Å². The van der Waals surface area contributed by atoms with E-state index in [1.54, 1.807) is 0 Å². The summed E-state index contributed by atoms with van der Waals surface area (Å²) in [5.41, 5.74) is 4.23. The van der Waals surface area contributed by atoms with E-state index in [9.17, 15) is 0 Å². The third-order valence-corrected chi connectivity index (χ3v) is 3.70. The molecule has 22 heavy (non-hydrogen) atoms. The van der Waals surface area contributed by atoms with Crippen molar-refractivity contribution in [2.75, 3.05) is 13.1 Å². The largest absolute Gasteiger partial charge is 0.369 e. The van der Waals surface area contributed by atoms with Gasteiger partial charge >= 0.3 is 0 Å². The summed E-state index contributed by atoms with van der Waals surface area (Å²) < 4.78 is 2.03. The number of imidazole rings is 1. The number of rotatable bonds is 3. The third kappa shape index (κ3) is 2.51. The first-order chi connectivity index (χ1) is 10.9. The molecule has 0 atom stereocenters. The lowest BCUT2D eigenvalue weighted by molar-refractivity contribution is 0.961. The number of fused-ring (bicyclic) bond motifs is 1. The second-order valence-electron chi connectivity index (χ2n) is 5.24. The number of amidine groups is 1. The SMILES string of the molecule is C(=C\c1ccc(-c2cn3ccccc3n2)cc1)/C1=NCCN1. The van der Waals surface area contributed by atoms with E-state index in [4.69, 9.17) is 0 Å². The van der Waals surface area contributed by atoms with Gasteiger partial charge in [-0.3, -0.25) is 4.99 Å². The zero-order valence-corrected chi connectivity index (χ0v) is 12.1. The summed E-state index contributed by atoms with van der Waals surface area (Å²) in [5, 5.41) is 3.23. The highest BCUT2D eigenvalue weighted by Crippen LogP contribution is 2.20. The molecule has 0 amide bonds. The first kappa shape index (κ1) is 12.8. The number of hydrogen-bond acceptors (Lipinski definition) is 3. The number of benzene rings is 1. The molecule has 0 fully saturated rings. The minimum Gasteiger partial charge on any atom is -0.369 e. The van der Waals surface area contributed by atoms with Crippen molar-refractivity contribution in [1.29, 1.82) is 0 Å². The summed E-state index contributed by atoms with van der Waals surface area (Å²) in [5.74, 6) is 0.962. The number of aromatic nitrogens is 2. The normalized spacial score (nSPS) is 14.5. The average molecular weight is 288 g/mol. The summed E-state index contributed by atoms with van der Waals surface area (Å²) in [6.45, 7) is 1.80. The molecule has 1 aliphatic rings. The molecule has 0 bridgehead atoms.